The molecule has 1 aliphatic heterocycles. The summed E-state index contributed by atoms with van der Waals surface area (Å²) in [6, 6.07) is 8.42. The van der Waals surface area contributed by atoms with Gasteiger partial charge >= 0.3 is 5.97 Å². The molecule has 2 aromatic rings. The molecule has 0 spiro atoms. The first-order chi connectivity index (χ1) is 10.2. The predicted octanol–water partition coefficient (Wildman–Crippen LogP) is 2.52. The van der Waals surface area contributed by atoms with Crippen molar-refractivity contribution < 1.29 is 9.90 Å². The Bertz CT molecular complexity index is 636. The van der Waals surface area contributed by atoms with Crippen molar-refractivity contribution in [3.63, 3.8) is 0 Å². The van der Waals surface area contributed by atoms with Crippen molar-refractivity contribution in [1.82, 2.24) is 9.97 Å². The number of aromatic carboxylic acids is 1. The SMILES string of the molecule is O=C(O)c1ccc(Nc2nccc(N3CCCC3)n2)cc1. The zero-order valence-corrected chi connectivity index (χ0v) is 11.5. The molecule has 3 rings (SSSR count). The van der Waals surface area contributed by atoms with E-state index in [1.54, 1.807) is 30.5 Å². The number of nitrogens with one attached hydrogen (secondary N) is 1. The molecule has 2 heterocycles. The molecule has 0 radical (unpaired) electrons. The normalized spacial score (nSPS) is 14.2. The number of carboxylic acids is 1. The largest absolute Gasteiger partial charge is 0.478 e. The average molecular weight is 284 g/mol. The number of benzene rings is 1. The Balaban J connectivity index is 1.75. The number of hydrogen-bond donors (Lipinski definition) is 2. The van der Waals surface area contributed by atoms with Gasteiger partial charge in [0.15, 0.2) is 0 Å². The highest BCUT2D eigenvalue weighted by atomic mass is 16.4. The first kappa shape index (κ1) is 13.4. The van der Waals surface area contributed by atoms with E-state index in [1.807, 2.05) is 6.07 Å². The van der Waals surface area contributed by atoms with Crippen molar-refractivity contribution in [1.29, 1.82) is 0 Å². The molecule has 1 saturated heterocycles. The maximum atomic E-state index is 10.8. The zero-order chi connectivity index (χ0) is 14.7. The summed E-state index contributed by atoms with van der Waals surface area (Å²) in [5, 5.41) is 12.0. The van der Waals surface area contributed by atoms with Crippen molar-refractivity contribution in [3.05, 3.63) is 42.1 Å². The summed E-state index contributed by atoms with van der Waals surface area (Å²) < 4.78 is 0. The molecule has 6 heteroatoms. The van der Waals surface area contributed by atoms with Gasteiger partial charge < -0.3 is 15.3 Å². The summed E-state index contributed by atoms with van der Waals surface area (Å²) >= 11 is 0. The summed E-state index contributed by atoms with van der Waals surface area (Å²) in [4.78, 5) is 21.7. The van der Waals surface area contributed by atoms with E-state index in [1.165, 1.54) is 12.8 Å². The van der Waals surface area contributed by atoms with Crippen molar-refractivity contribution in [2.24, 2.45) is 0 Å². The summed E-state index contributed by atoms with van der Waals surface area (Å²) in [5.74, 6) is 0.503. The third-order valence-corrected chi connectivity index (χ3v) is 3.46. The fourth-order valence-corrected chi connectivity index (χ4v) is 2.36. The smallest absolute Gasteiger partial charge is 0.335 e. The molecule has 0 unspecified atom stereocenters. The minimum atomic E-state index is -0.936. The molecule has 2 N–H and O–H groups in total. The molecule has 0 atom stereocenters. The zero-order valence-electron chi connectivity index (χ0n) is 11.5. The van der Waals surface area contributed by atoms with Gasteiger partial charge in [0, 0.05) is 25.0 Å². The molecule has 108 valence electrons. The number of nitrogens with zero attached hydrogens (tertiary/aromatic N) is 3. The van der Waals surface area contributed by atoms with Gasteiger partial charge in [-0.15, -0.1) is 0 Å². The fourth-order valence-electron chi connectivity index (χ4n) is 2.36. The lowest BCUT2D eigenvalue weighted by molar-refractivity contribution is 0.0697. The van der Waals surface area contributed by atoms with Gasteiger partial charge in [-0.2, -0.15) is 4.98 Å². The minimum absolute atomic E-state index is 0.257. The number of aromatic nitrogens is 2. The standard InChI is InChI=1S/C15H16N4O2/c20-14(21)11-3-5-12(6-4-11)17-15-16-8-7-13(18-15)19-9-1-2-10-19/h3-8H,1-2,9-10H2,(H,20,21)(H,16,17,18). The van der Waals surface area contributed by atoms with Crippen LogP contribution < -0.4 is 10.2 Å². The summed E-state index contributed by atoms with van der Waals surface area (Å²) in [5.41, 5.74) is 1.02. The Morgan fingerprint density at radius 3 is 2.52 bits per heavy atom. The topological polar surface area (TPSA) is 78.3 Å². The van der Waals surface area contributed by atoms with Crippen LogP contribution in [0.1, 0.15) is 23.2 Å². The number of carboxylic acid groups (broad SMARTS) is 1. The van der Waals surface area contributed by atoms with E-state index in [4.69, 9.17) is 5.11 Å². The molecule has 1 aromatic carbocycles. The van der Waals surface area contributed by atoms with E-state index in [0.717, 1.165) is 24.6 Å². The molecule has 1 aromatic heterocycles. The third kappa shape index (κ3) is 3.10. The first-order valence-corrected chi connectivity index (χ1v) is 6.91. The second-order valence-corrected chi connectivity index (χ2v) is 4.94. The summed E-state index contributed by atoms with van der Waals surface area (Å²) in [6.45, 7) is 2.06. The molecule has 1 aliphatic rings. The molecule has 0 bridgehead atoms. The monoisotopic (exact) mass is 284 g/mol. The van der Waals surface area contributed by atoms with Gasteiger partial charge in [-0.3, -0.25) is 0 Å². The third-order valence-electron chi connectivity index (χ3n) is 3.46. The highest BCUT2D eigenvalue weighted by Gasteiger charge is 2.14. The molecular weight excluding hydrogens is 268 g/mol. The van der Waals surface area contributed by atoms with Crippen LogP contribution >= 0.6 is 0 Å². The van der Waals surface area contributed by atoms with E-state index in [0.29, 0.717) is 5.95 Å². The van der Waals surface area contributed by atoms with E-state index in [-0.39, 0.29) is 5.56 Å². The molecule has 0 amide bonds. The number of rotatable bonds is 4. The van der Waals surface area contributed by atoms with Crippen LogP contribution in [0, 0.1) is 0 Å². The number of anilines is 3. The van der Waals surface area contributed by atoms with Crippen molar-refractivity contribution >= 4 is 23.4 Å². The second-order valence-electron chi connectivity index (χ2n) is 4.94. The molecule has 1 fully saturated rings. The highest BCUT2D eigenvalue weighted by Crippen LogP contribution is 2.20. The van der Waals surface area contributed by atoms with Crippen molar-refractivity contribution in [2.45, 2.75) is 12.8 Å². The van der Waals surface area contributed by atoms with E-state index in [2.05, 4.69) is 20.2 Å². The maximum absolute atomic E-state index is 10.8. The minimum Gasteiger partial charge on any atom is -0.478 e. The highest BCUT2D eigenvalue weighted by molar-refractivity contribution is 5.88. The van der Waals surface area contributed by atoms with Crippen LogP contribution in [0.5, 0.6) is 0 Å². The van der Waals surface area contributed by atoms with Gasteiger partial charge in [-0.05, 0) is 43.2 Å². The van der Waals surface area contributed by atoms with Crippen molar-refractivity contribution in [3.8, 4) is 0 Å². The quantitative estimate of drug-likeness (QED) is 0.898. The fraction of sp³-hybridized carbons (Fsp3) is 0.267. The lowest BCUT2D eigenvalue weighted by Crippen LogP contribution is -2.19. The lowest BCUT2D eigenvalue weighted by Gasteiger charge is -2.16. The van der Waals surface area contributed by atoms with Crippen LogP contribution in [0.4, 0.5) is 17.5 Å². The van der Waals surface area contributed by atoms with Crippen LogP contribution in [-0.2, 0) is 0 Å². The van der Waals surface area contributed by atoms with Crippen LogP contribution in [0.15, 0.2) is 36.5 Å². The van der Waals surface area contributed by atoms with Gasteiger partial charge in [0.05, 0.1) is 5.56 Å². The Labute approximate surface area is 122 Å². The molecule has 21 heavy (non-hydrogen) atoms. The first-order valence-electron chi connectivity index (χ1n) is 6.91. The Morgan fingerprint density at radius 1 is 1.14 bits per heavy atom. The van der Waals surface area contributed by atoms with Gasteiger partial charge in [0.2, 0.25) is 5.95 Å². The average Bonchev–Trinajstić information content (AvgIpc) is 3.02. The number of hydrogen-bond acceptors (Lipinski definition) is 5. The Hall–Kier alpha value is -2.63. The van der Waals surface area contributed by atoms with Gasteiger partial charge in [0.1, 0.15) is 5.82 Å². The maximum Gasteiger partial charge on any atom is 0.335 e. The van der Waals surface area contributed by atoms with Crippen LogP contribution in [0.3, 0.4) is 0 Å². The van der Waals surface area contributed by atoms with E-state index in [9.17, 15) is 4.79 Å². The van der Waals surface area contributed by atoms with Gasteiger partial charge in [-0.25, -0.2) is 9.78 Å². The summed E-state index contributed by atoms with van der Waals surface area (Å²) in [6.07, 6.45) is 4.13. The molecule has 0 aliphatic carbocycles. The van der Waals surface area contributed by atoms with E-state index >= 15 is 0 Å². The van der Waals surface area contributed by atoms with Gasteiger partial charge in [-0.1, -0.05) is 0 Å². The predicted molar refractivity (Wildman–Crippen MR) is 80.2 cm³/mol. The molecular formula is C15H16N4O2. The van der Waals surface area contributed by atoms with E-state index < -0.39 is 5.97 Å². The molecule has 0 saturated carbocycles. The Kier molecular flexibility index (Phi) is 3.68. The molecule has 6 nitrogen and oxygen atoms in total. The second kappa shape index (κ2) is 5.78. The van der Waals surface area contributed by atoms with Crippen molar-refractivity contribution in [2.75, 3.05) is 23.3 Å². The van der Waals surface area contributed by atoms with Crippen LogP contribution in [-0.4, -0.2) is 34.1 Å². The number of carbonyl (C=O) groups is 1. The van der Waals surface area contributed by atoms with Gasteiger partial charge in [0.25, 0.3) is 0 Å². The Morgan fingerprint density at radius 2 is 1.86 bits per heavy atom. The van der Waals surface area contributed by atoms with Crippen LogP contribution in [0.25, 0.3) is 0 Å². The van der Waals surface area contributed by atoms with Crippen LogP contribution in [0.2, 0.25) is 0 Å². The lowest BCUT2D eigenvalue weighted by atomic mass is 10.2. The summed E-state index contributed by atoms with van der Waals surface area (Å²) in [7, 11) is 0.